The van der Waals surface area contributed by atoms with Crippen molar-refractivity contribution < 1.29 is 19.4 Å². The van der Waals surface area contributed by atoms with Gasteiger partial charge >= 0.3 is 12.1 Å². The summed E-state index contributed by atoms with van der Waals surface area (Å²) in [7, 11) is 0. The summed E-state index contributed by atoms with van der Waals surface area (Å²) in [5.74, 6) is -0.677. The summed E-state index contributed by atoms with van der Waals surface area (Å²) in [4.78, 5) is 26.1. The smallest absolute Gasteiger partial charge is 0.409 e. The number of carbonyl (C=O) groups is 2. The number of fused-ring (bicyclic) bond motifs is 4. The Hall–Kier alpha value is -2.82. The summed E-state index contributed by atoms with van der Waals surface area (Å²) < 4.78 is 5.76. The zero-order chi connectivity index (χ0) is 20.0. The zero-order valence-electron chi connectivity index (χ0n) is 16.3. The number of aliphatic carboxylic acids is 1. The standard InChI is InChI=1S/C24H25NO4/c26-23(27)20-11-5-6-15-12-25(13-21(15)20)24(28)29-14-22-18-9-3-1-7-16(18)17-8-2-4-10-19(17)22/h1-4,7-10,15,20-22H,5-6,11-14H2,(H,26,27). The third-order valence-corrected chi connectivity index (χ3v) is 7.01. The summed E-state index contributed by atoms with van der Waals surface area (Å²) in [5, 5.41) is 9.51. The predicted molar refractivity (Wildman–Crippen MR) is 109 cm³/mol. The molecule has 1 N–H and O–H groups in total. The van der Waals surface area contributed by atoms with Gasteiger partial charge in [-0.1, -0.05) is 55.0 Å². The van der Waals surface area contributed by atoms with Gasteiger partial charge in [-0.15, -0.1) is 0 Å². The predicted octanol–water partition coefficient (Wildman–Crippen LogP) is 4.37. The quantitative estimate of drug-likeness (QED) is 0.844. The monoisotopic (exact) mass is 391 g/mol. The molecule has 0 spiro atoms. The van der Waals surface area contributed by atoms with Gasteiger partial charge in [0.1, 0.15) is 6.61 Å². The lowest BCUT2D eigenvalue weighted by Gasteiger charge is -2.29. The summed E-state index contributed by atoms with van der Waals surface area (Å²) in [5.41, 5.74) is 4.81. The molecular formula is C24H25NO4. The molecule has 1 aliphatic heterocycles. The number of carboxylic acids is 1. The van der Waals surface area contributed by atoms with E-state index in [1.165, 1.54) is 22.3 Å². The van der Waals surface area contributed by atoms with E-state index in [4.69, 9.17) is 4.74 Å². The van der Waals surface area contributed by atoms with Crippen LogP contribution in [0.5, 0.6) is 0 Å². The zero-order valence-corrected chi connectivity index (χ0v) is 16.3. The molecule has 1 saturated carbocycles. The Labute approximate surface area is 170 Å². The number of carbonyl (C=O) groups excluding carboxylic acids is 1. The Morgan fingerprint density at radius 2 is 1.62 bits per heavy atom. The molecular weight excluding hydrogens is 366 g/mol. The van der Waals surface area contributed by atoms with Gasteiger partial charge in [0.25, 0.3) is 0 Å². The van der Waals surface area contributed by atoms with E-state index in [1.807, 2.05) is 24.3 Å². The van der Waals surface area contributed by atoms with Crippen LogP contribution in [-0.4, -0.2) is 41.8 Å². The number of hydrogen-bond acceptors (Lipinski definition) is 3. The third kappa shape index (κ3) is 3.09. The first kappa shape index (κ1) is 18.2. The molecule has 3 atom stereocenters. The first-order valence-corrected chi connectivity index (χ1v) is 10.5. The fraction of sp³-hybridized carbons (Fsp3) is 0.417. The van der Waals surface area contributed by atoms with Crippen LogP contribution in [0.15, 0.2) is 48.5 Å². The lowest BCUT2D eigenvalue weighted by Crippen LogP contribution is -2.33. The average molecular weight is 391 g/mol. The average Bonchev–Trinajstić information content (AvgIpc) is 3.31. The van der Waals surface area contributed by atoms with Gasteiger partial charge in [0.05, 0.1) is 5.92 Å². The second-order valence-electron chi connectivity index (χ2n) is 8.51. The number of amides is 1. The van der Waals surface area contributed by atoms with E-state index in [1.54, 1.807) is 4.90 Å². The molecule has 5 heteroatoms. The van der Waals surface area contributed by atoms with Crippen molar-refractivity contribution >= 4 is 12.1 Å². The minimum absolute atomic E-state index is 0.0444. The molecule has 1 saturated heterocycles. The number of hydrogen-bond donors (Lipinski definition) is 1. The van der Waals surface area contributed by atoms with Gasteiger partial charge < -0.3 is 14.7 Å². The molecule has 1 heterocycles. The second-order valence-corrected chi connectivity index (χ2v) is 8.51. The van der Waals surface area contributed by atoms with Crippen molar-refractivity contribution in [2.24, 2.45) is 17.8 Å². The van der Waals surface area contributed by atoms with E-state index in [-0.39, 0.29) is 29.8 Å². The molecule has 0 bridgehead atoms. The van der Waals surface area contributed by atoms with Gasteiger partial charge in [0.15, 0.2) is 0 Å². The van der Waals surface area contributed by atoms with Crippen molar-refractivity contribution in [1.82, 2.24) is 4.90 Å². The van der Waals surface area contributed by atoms with Gasteiger partial charge in [-0.2, -0.15) is 0 Å². The molecule has 29 heavy (non-hydrogen) atoms. The minimum Gasteiger partial charge on any atom is -0.481 e. The van der Waals surface area contributed by atoms with Crippen molar-refractivity contribution in [2.75, 3.05) is 19.7 Å². The molecule has 5 rings (SSSR count). The largest absolute Gasteiger partial charge is 0.481 e. The normalized spacial score (nSPS) is 25.2. The van der Waals surface area contributed by atoms with Crippen LogP contribution in [0.1, 0.15) is 36.3 Å². The Kier molecular flexibility index (Phi) is 4.53. The van der Waals surface area contributed by atoms with Crippen LogP contribution in [0.2, 0.25) is 0 Å². The van der Waals surface area contributed by atoms with E-state index in [9.17, 15) is 14.7 Å². The molecule has 2 aromatic rings. The van der Waals surface area contributed by atoms with Gasteiger partial charge in [0.2, 0.25) is 0 Å². The Morgan fingerprint density at radius 3 is 2.28 bits per heavy atom. The molecule has 0 aromatic heterocycles. The van der Waals surface area contributed by atoms with Gasteiger partial charge in [-0.05, 0) is 46.9 Å². The van der Waals surface area contributed by atoms with Crippen LogP contribution in [0.25, 0.3) is 11.1 Å². The highest BCUT2D eigenvalue weighted by atomic mass is 16.6. The molecule has 2 aromatic carbocycles. The Morgan fingerprint density at radius 1 is 0.966 bits per heavy atom. The summed E-state index contributed by atoms with van der Waals surface area (Å²) in [6, 6.07) is 16.6. The lowest BCUT2D eigenvalue weighted by molar-refractivity contribution is -0.145. The number of nitrogens with zero attached hydrogens (tertiary/aromatic N) is 1. The van der Waals surface area contributed by atoms with Crippen LogP contribution in [0.4, 0.5) is 4.79 Å². The van der Waals surface area contributed by atoms with Crippen LogP contribution in [0, 0.1) is 17.8 Å². The fourth-order valence-corrected chi connectivity index (χ4v) is 5.61. The minimum atomic E-state index is -0.728. The van der Waals surface area contributed by atoms with Gasteiger partial charge in [-0.3, -0.25) is 4.79 Å². The van der Waals surface area contributed by atoms with Crippen LogP contribution in [-0.2, 0) is 9.53 Å². The molecule has 0 radical (unpaired) electrons. The van der Waals surface area contributed by atoms with E-state index < -0.39 is 5.97 Å². The lowest BCUT2D eigenvalue weighted by atomic mass is 9.74. The van der Waals surface area contributed by atoms with E-state index in [2.05, 4.69) is 24.3 Å². The molecule has 5 nitrogen and oxygen atoms in total. The van der Waals surface area contributed by atoms with Crippen LogP contribution >= 0.6 is 0 Å². The highest BCUT2D eigenvalue weighted by Gasteiger charge is 2.45. The maximum Gasteiger partial charge on any atom is 0.409 e. The maximum atomic E-state index is 12.8. The van der Waals surface area contributed by atoms with Crippen molar-refractivity contribution in [3.8, 4) is 11.1 Å². The highest BCUT2D eigenvalue weighted by molar-refractivity contribution is 5.79. The number of benzene rings is 2. The second kappa shape index (κ2) is 7.21. The Bertz CT molecular complexity index is 910. The molecule has 150 valence electrons. The molecule has 3 unspecified atom stereocenters. The third-order valence-electron chi connectivity index (χ3n) is 7.01. The van der Waals surface area contributed by atoms with E-state index in [0.717, 1.165) is 19.3 Å². The van der Waals surface area contributed by atoms with Gasteiger partial charge in [0, 0.05) is 19.0 Å². The van der Waals surface area contributed by atoms with Crippen molar-refractivity contribution in [1.29, 1.82) is 0 Å². The molecule has 2 fully saturated rings. The Balaban J connectivity index is 1.29. The molecule has 2 aliphatic carbocycles. The number of rotatable bonds is 3. The van der Waals surface area contributed by atoms with E-state index >= 15 is 0 Å². The highest BCUT2D eigenvalue weighted by Crippen LogP contribution is 2.45. The van der Waals surface area contributed by atoms with Crippen LogP contribution in [0.3, 0.4) is 0 Å². The number of likely N-dealkylation sites (tertiary alicyclic amines) is 1. The summed E-state index contributed by atoms with van der Waals surface area (Å²) in [6.45, 7) is 1.42. The first-order chi connectivity index (χ1) is 14.1. The maximum absolute atomic E-state index is 12.8. The number of carboxylic acid groups (broad SMARTS) is 1. The topological polar surface area (TPSA) is 66.8 Å². The van der Waals surface area contributed by atoms with Crippen molar-refractivity contribution in [3.63, 3.8) is 0 Å². The van der Waals surface area contributed by atoms with Gasteiger partial charge in [-0.25, -0.2) is 4.79 Å². The SMILES string of the molecule is O=C(O)C1CCCC2CN(C(=O)OCC3c4ccccc4-c4ccccc43)CC21. The molecule has 3 aliphatic rings. The molecule has 1 amide bonds. The number of ether oxygens (including phenoxy) is 1. The van der Waals surface area contributed by atoms with Crippen molar-refractivity contribution in [3.05, 3.63) is 59.7 Å². The van der Waals surface area contributed by atoms with Crippen molar-refractivity contribution in [2.45, 2.75) is 25.2 Å². The fourth-order valence-electron chi connectivity index (χ4n) is 5.61. The summed E-state index contributed by atoms with van der Waals surface area (Å²) in [6.07, 6.45) is 2.33. The first-order valence-electron chi connectivity index (χ1n) is 10.5. The van der Waals surface area contributed by atoms with E-state index in [0.29, 0.717) is 19.7 Å². The summed E-state index contributed by atoms with van der Waals surface area (Å²) >= 11 is 0. The van der Waals surface area contributed by atoms with Crippen LogP contribution < -0.4 is 0 Å².